The minimum absolute atomic E-state index is 0.268. The van der Waals surface area contributed by atoms with E-state index in [1.165, 1.54) is 10.6 Å². The van der Waals surface area contributed by atoms with E-state index >= 15 is 0 Å². The molecule has 0 fully saturated rings. The number of rotatable bonds is 1. The van der Waals surface area contributed by atoms with Gasteiger partial charge >= 0.3 is 6.18 Å². The predicted octanol–water partition coefficient (Wildman–Crippen LogP) is 2.89. The Labute approximate surface area is 102 Å². The number of aryl methyl sites for hydroxylation is 1. The number of terminal acetylenes is 1. The van der Waals surface area contributed by atoms with Crippen LogP contribution in [0, 0.1) is 18.5 Å². The summed E-state index contributed by atoms with van der Waals surface area (Å²) in [6.07, 6.45) is 3.54. The van der Waals surface area contributed by atoms with Crippen molar-refractivity contribution in [2.24, 2.45) is 7.05 Å². The van der Waals surface area contributed by atoms with E-state index in [0.717, 1.165) is 12.1 Å². The number of benzene rings is 1. The third kappa shape index (κ3) is 2.23. The van der Waals surface area contributed by atoms with Gasteiger partial charge in [0.05, 0.1) is 5.56 Å². The predicted molar refractivity (Wildman–Crippen MR) is 60.4 cm³/mol. The highest BCUT2D eigenvalue weighted by atomic mass is 19.4. The number of alkyl halides is 3. The zero-order valence-corrected chi connectivity index (χ0v) is 9.42. The fourth-order valence-electron chi connectivity index (χ4n) is 1.58. The standard InChI is InChI=1S/C13H8F3N2/c1-3-11-8-18(2)12(17-11)9-5-4-6-10(7-9)13(14,15)16/h1,4-7H,2H3. The molecule has 1 heterocycles. The van der Waals surface area contributed by atoms with Crippen LogP contribution in [0.15, 0.2) is 24.3 Å². The molecule has 91 valence electrons. The number of hydrogen-bond donors (Lipinski definition) is 0. The van der Waals surface area contributed by atoms with Gasteiger partial charge in [0, 0.05) is 12.6 Å². The van der Waals surface area contributed by atoms with E-state index in [-0.39, 0.29) is 5.69 Å². The minimum Gasteiger partial charge on any atom is -0.325 e. The molecular weight excluding hydrogens is 241 g/mol. The van der Waals surface area contributed by atoms with Crippen LogP contribution in [0.2, 0.25) is 0 Å². The summed E-state index contributed by atoms with van der Waals surface area (Å²) in [5.41, 5.74) is -0.0970. The molecule has 0 N–H and O–H groups in total. The van der Waals surface area contributed by atoms with E-state index in [9.17, 15) is 13.2 Å². The fraction of sp³-hybridized carbons (Fsp3) is 0.154. The smallest absolute Gasteiger partial charge is 0.325 e. The number of hydrogen-bond acceptors (Lipinski definition) is 1. The Bertz CT molecular complexity index is 618. The van der Waals surface area contributed by atoms with Crippen molar-refractivity contribution in [3.63, 3.8) is 0 Å². The molecule has 1 radical (unpaired) electrons. The van der Waals surface area contributed by atoms with Gasteiger partial charge in [-0.25, -0.2) is 4.98 Å². The normalized spacial score (nSPS) is 11.3. The molecule has 0 bridgehead atoms. The molecule has 0 saturated heterocycles. The molecule has 0 aliphatic heterocycles. The molecule has 0 aliphatic carbocycles. The molecular formula is C13H8F3N2. The molecule has 0 aliphatic rings. The van der Waals surface area contributed by atoms with Crippen LogP contribution >= 0.6 is 0 Å². The summed E-state index contributed by atoms with van der Waals surface area (Å²) in [6.45, 7) is 0. The van der Waals surface area contributed by atoms with Crippen molar-refractivity contribution in [2.75, 3.05) is 0 Å². The van der Waals surface area contributed by atoms with Crippen molar-refractivity contribution < 1.29 is 13.2 Å². The van der Waals surface area contributed by atoms with Crippen molar-refractivity contribution in [2.45, 2.75) is 6.18 Å². The first kappa shape index (κ1) is 12.2. The number of aromatic nitrogens is 2. The molecule has 2 rings (SSSR count). The van der Waals surface area contributed by atoms with Crippen LogP contribution in [0.4, 0.5) is 13.2 Å². The van der Waals surface area contributed by atoms with Crippen LogP contribution in [-0.2, 0) is 13.2 Å². The molecule has 2 nitrogen and oxygen atoms in total. The monoisotopic (exact) mass is 249 g/mol. The average Bonchev–Trinajstić information content (AvgIpc) is 2.70. The maximum atomic E-state index is 12.6. The van der Waals surface area contributed by atoms with Crippen molar-refractivity contribution in [3.05, 3.63) is 41.7 Å². The SMILES string of the molecule is C#Cc1[c]n(C)c(-c2cccc(C(F)(F)F)c2)n1. The summed E-state index contributed by atoms with van der Waals surface area (Å²) < 4.78 is 39.2. The summed E-state index contributed by atoms with van der Waals surface area (Å²) in [5, 5.41) is 0. The lowest BCUT2D eigenvalue weighted by Crippen LogP contribution is -2.05. The van der Waals surface area contributed by atoms with Crippen molar-refractivity contribution >= 4 is 0 Å². The first-order valence-electron chi connectivity index (χ1n) is 5.02. The Morgan fingerprint density at radius 2 is 2.11 bits per heavy atom. The van der Waals surface area contributed by atoms with Crippen molar-refractivity contribution in [1.82, 2.24) is 9.55 Å². The molecule has 18 heavy (non-hydrogen) atoms. The van der Waals surface area contributed by atoms with Crippen LogP contribution in [0.5, 0.6) is 0 Å². The van der Waals surface area contributed by atoms with Gasteiger partial charge in [-0.2, -0.15) is 13.2 Å². The molecule has 0 unspecified atom stereocenters. The summed E-state index contributed by atoms with van der Waals surface area (Å²) >= 11 is 0. The third-order valence-electron chi connectivity index (χ3n) is 2.39. The summed E-state index contributed by atoms with van der Waals surface area (Å²) in [7, 11) is 1.63. The highest BCUT2D eigenvalue weighted by Gasteiger charge is 2.30. The van der Waals surface area contributed by atoms with Crippen LogP contribution in [0.25, 0.3) is 11.4 Å². The van der Waals surface area contributed by atoms with Gasteiger partial charge in [-0.05, 0) is 18.1 Å². The van der Waals surface area contributed by atoms with Crippen LogP contribution in [-0.4, -0.2) is 9.55 Å². The van der Waals surface area contributed by atoms with Gasteiger partial charge in [-0.3, -0.25) is 0 Å². The summed E-state index contributed by atoms with van der Waals surface area (Å²) in [4.78, 5) is 4.03. The van der Waals surface area contributed by atoms with Gasteiger partial charge in [0.25, 0.3) is 0 Å². The van der Waals surface area contributed by atoms with E-state index in [1.807, 2.05) is 0 Å². The van der Waals surface area contributed by atoms with Crippen LogP contribution in [0.1, 0.15) is 11.3 Å². The van der Waals surface area contributed by atoms with Gasteiger partial charge in [0.1, 0.15) is 17.7 Å². The Balaban J connectivity index is 2.52. The first-order chi connectivity index (χ1) is 8.41. The molecule has 0 amide bonds. The van der Waals surface area contributed by atoms with Crippen molar-refractivity contribution in [3.8, 4) is 23.7 Å². The van der Waals surface area contributed by atoms with Gasteiger partial charge in [-0.15, -0.1) is 6.42 Å². The zero-order chi connectivity index (χ0) is 13.3. The van der Waals surface area contributed by atoms with Crippen LogP contribution in [0.3, 0.4) is 0 Å². The lowest BCUT2D eigenvalue weighted by atomic mass is 10.1. The number of halogens is 3. The summed E-state index contributed by atoms with van der Waals surface area (Å²) in [6, 6.07) is 4.93. The zero-order valence-electron chi connectivity index (χ0n) is 9.42. The van der Waals surface area contributed by atoms with E-state index < -0.39 is 11.7 Å². The fourth-order valence-corrected chi connectivity index (χ4v) is 1.58. The molecule has 1 aromatic heterocycles. The van der Waals surface area contributed by atoms with E-state index in [4.69, 9.17) is 6.42 Å². The van der Waals surface area contributed by atoms with Gasteiger partial charge in [0.15, 0.2) is 0 Å². The van der Waals surface area contributed by atoms with Gasteiger partial charge < -0.3 is 4.57 Å². The molecule has 5 heteroatoms. The lowest BCUT2D eigenvalue weighted by Gasteiger charge is -2.08. The highest BCUT2D eigenvalue weighted by molar-refractivity contribution is 5.58. The molecule has 1 aromatic carbocycles. The van der Waals surface area contributed by atoms with E-state index in [0.29, 0.717) is 11.4 Å². The van der Waals surface area contributed by atoms with Gasteiger partial charge in [-0.1, -0.05) is 12.1 Å². The Hall–Kier alpha value is -2.22. The topological polar surface area (TPSA) is 17.8 Å². The van der Waals surface area contributed by atoms with E-state index in [2.05, 4.69) is 17.1 Å². The molecule has 0 saturated carbocycles. The molecule has 0 atom stereocenters. The van der Waals surface area contributed by atoms with Crippen molar-refractivity contribution in [1.29, 1.82) is 0 Å². The second-order valence-electron chi connectivity index (χ2n) is 3.68. The number of nitrogens with zero attached hydrogens (tertiary/aromatic N) is 2. The van der Waals surface area contributed by atoms with Crippen LogP contribution < -0.4 is 0 Å². The molecule has 2 aromatic rings. The first-order valence-corrected chi connectivity index (χ1v) is 5.02. The second-order valence-corrected chi connectivity index (χ2v) is 3.68. The number of imidazole rings is 1. The molecule has 0 spiro atoms. The average molecular weight is 249 g/mol. The summed E-state index contributed by atoms with van der Waals surface area (Å²) in [5.74, 6) is 2.65. The highest BCUT2D eigenvalue weighted by Crippen LogP contribution is 2.31. The Kier molecular flexibility index (Phi) is 2.87. The Morgan fingerprint density at radius 3 is 2.67 bits per heavy atom. The maximum absolute atomic E-state index is 12.6. The van der Waals surface area contributed by atoms with Gasteiger partial charge in [0.2, 0.25) is 0 Å². The lowest BCUT2D eigenvalue weighted by molar-refractivity contribution is -0.137. The third-order valence-corrected chi connectivity index (χ3v) is 2.39. The second kappa shape index (κ2) is 4.22. The maximum Gasteiger partial charge on any atom is 0.416 e. The minimum atomic E-state index is -4.38. The van der Waals surface area contributed by atoms with E-state index in [1.54, 1.807) is 13.1 Å². The Morgan fingerprint density at radius 1 is 1.39 bits per heavy atom. The quantitative estimate of drug-likeness (QED) is 0.710. The largest absolute Gasteiger partial charge is 0.416 e.